The topological polar surface area (TPSA) is 194 Å². The third kappa shape index (κ3) is 11.3. The van der Waals surface area contributed by atoms with E-state index in [1.165, 1.54) is 4.90 Å². The van der Waals surface area contributed by atoms with Crippen molar-refractivity contribution < 1.29 is 29.4 Å². The zero-order valence-corrected chi connectivity index (χ0v) is 37.5. The van der Waals surface area contributed by atoms with Crippen LogP contribution in [0.3, 0.4) is 0 Å². The van der Waals surface area contributed by atoms with E-state index in [4.69, 9.17) is 0 Å². The molecular weight excluding hydrogens is 817 g/mol. The third-order valence-corrected chi connectivity index (χ3v) is 13.2. The first-order valence-electron chi connectivity index (χ1n) is 22.2. The van der Waals surface area contributed by atoms with Crippen molar-refractivity contribution in [1.29, 1.82) is 0 Å². The van der Waals surface area contributed by atoms with Gasteiger partial charge in [0.2, 0.25) is 23.6 Å². The van der Waals surface area contributed by atoms with Crippen molar-refractivity contribution in [2.24, 2.45) is 5.41 Å². The average Bonchev–Trinajstić information content (AvgIpc) is 3.98. The second-order valence-electron chi connectivity index (χ2n) is 18.2. The maximum absolute atomic E-state index is 14.0. The number of phenolic OH excluding ortho intramolecular Hbond substituents is 1. The summed E-state index contributed by atoms with van der Waals surface area (Å²) in [4.78, 5) is 65.5. The number of hydrogen-bond acceptors (Lipinski definition) is 10. The molecule has 15 heteroatoms. The van der Waals surface area contributed by atoms with E-state index in [1.807, 2.05) is 80.6 Å². The summed E-state index contributed by atoms with van der Waals surface area (Å²) in [7, 11) is 0. The summed E-state index contributed by atoms with van der Waals surface area (Å²) < 4.78 is 0. The number of aromatic amines is 1. The van der Waals surface area contributed by atoms with Gasteiger partial charge in [-0.15, -0.1) is 21.5 Å². The van der Waals surface area contributed by atoms with Crippen molar-refractivity contribution in [2.75, 3.05) is 19.6 Å². The van der Waals surface area contributed by atoms with Gasteiger partial charge in [-0.1, -0.05) is 89.3 Å². The molecule has 0 saturated carbocycles. The van der Waals surface area contributed by atoms with Crippen LogP contribution in [0.4, 0.5) is 0 Å². The van der Waals surface area contributed by atoms with E-state index in [1.54, 1.807) is 23.5 Å². The van der Waals surface area contributed by atoms with Gasteiger partial charge in [0.1, 0.15) is 17.8 Å². The van der Waals surface area contributed by atoms with Crippen LogP contribution in [-0.2, 0) is 25.7 Å². The number of nitrogens with one attached hydrogen (secondary N) is 3. The van der Waals surface area contributed by atoms with Gasteiger partial charge < -0.3 is 35.6 Å². The Labute approximate surface area is 372 Å². The molecule has 0 radical (unpaired) electrons. The highest BCUT2D eigenvalue weighted by molar-refractivity contribution is 7.13. The normalized spacial score (nSPS) is 17.2. The number of rotatable bonds is 18. The van der Waals surface area contributed by atoms with Crippen molar-refractivity contribution in [1.82, 2.24) is 40.6 Å². The molecule has 2 fully saturated rings. The highest BCUT2D eigenvalue weighted by Crippen LogP contribution is 2.33. The lowest BCUT2D eigenvalue weighted by molar-refractivity contribution is -0.144. The number of benzene rings is 2. The van der Waals surface area contributed by atoms with Gasteiger partial charge in [-0.25, -0.2) is 4.98 Å². The van der Waals surface area contributed by atoms with E-state index >= 15 is 0 Å². The van der Waals surface area contributed by atoms with Crippen molar-refractivity contribution in [3.63, 3.8) is 0 Å². The Morgan fingerprint density at radius 2 is 1.60 bits per heavy atom. The predicted molar refractivity (Wildman–Crippen MR) is 244 cm³/mol. The number of H-pyrrole nitrogens is 1. The van der Waals surface area contributed by atoms with E-state index in [-0.39, 0.29) is 54.8 Å². The van der Waals surface area contributed by atoms with E-state index in [9.17, 15) is 29.4 Å². The molecule has 2 aliphatic heterocycles. The lowest BCUT2D eigenvalue weighted by atomic mass is 9.85. The molecule has 0 aliphatic carbocycles. The van der Waals surface area contributed by atoms with Crippen LogP contribution in [0.25, 0.3) is 32.7 Å². The number of thiazole rings is 1. The van der Waals surface area contributed by atoms with Crippen molar-refractivity contribution >= 4 is 46.0 Å². The van der Waals surface area contributed by atoms with Crippen LogP contribution in [-0.4, -0.2) is 102 Å². The molecule has 5 aromatic rings. The van der Waals surface area contributed by atoms with Crippen LogP contribution in [0, 0.1) is 12.3 Å². The van der Waals surface area contributed by atoms with E-state index in [0.29, 0.717) is 49.3 Å². The third-order valence-electron chi connectivity index (χ3n) is 12.3. The first-order valence-corrected chi connectivity index (χ1v) is 23.1. The Bertz CT molecular complexity index is 2380. The summed E-state index contributed by atoms with van der Waals surface area (Å²) in [6.07, 6.45) is 6.58. The number of β-amino-alcohol motifs (C(OH)–C–C–N with tert-alkyl or cyclic N) is 1. The first-order chi connectivity index (χ1) is 30.2. The standard InChI is InChI=1S/C48H60N8O6S/c1-30-43(63-29-50-30)32-20-18-31(19-21-32)25-49-46(61)39-24-35(57)28-56(39)47(62)44(48(2,3)4)52-41(59)16-10-8-6-5-7-9-11-17-42(60)55-26-34(27-55)37-22-33-23-38(53-54-45(33)51-37)36-14-12-13-15-40(36)58/h12-15,18-23,29,34-35,39,44,57-58H,5-11,16-17,24-28H2,1-4H3,(H,49,61)(H,51,54)(H,52,59)/t35-,39+,44-/m1/s1. The number of aliphatic hydroxyl groups excluding tert-OH is 1. The number of carbonyl (C=O) groups excluding carboxylic acids is 4. The van der Waals surface area contributed by atoms with Crippen LogP contribution in [0.2, 0.25) is 0 Å². The molecule has 4 amide bonds. The number of para-hydroxylation sites is 1. The number of amides is 4. The van der Waals surface area contributed by atoms with Gasteiger partial charge in [-0.2, -0.15) is 0 Å². The number of nitrogens with zero attached hydrogens (tertiary/aromatic N) is 5. The minimum atomic E-state index is -0.854. The van der Waals surface area contributed by atoms with Crippen LogP contribution in [0.5, 0.6) is 5.75 Å². The van der Waals surface area contributed by atoms with Crippen molar-refractivity contribution in [3.05, 3.63) is 83.1 Å². The molecule has 63 heavy (non-hydrogen) atoms. The second-order valence-corrected chi connectivity index (χ2v) is 19.0. The minimum Gasteiger partial charge on any atom is -0.507 e. The molecule has 0 spiro atoms. The fraction of sp³-hybridized carbons (Fsp3) is 0.479. The smallest absolute Gasteiger partial charge is 0.246 e. The van der Waals surface area contributed by atoms with Crippen LogP contribution in [0.15, 0.2) is 66.2 Å². The number of unbranched alkanes of at least 4 members (excludes halogenated alkanes) is 6. The minimum absolute atomic E-state index is 0.0301. The number of aliphatic hydroxyl groups is 1. The predicted octanol–water partition coefficient (Wildman–Crippen LogP) is 7.01. The summed E-state index contributed by atoms with van der Waals surface area (Å²) in [5.74, 6) is -0.337. The van der Waals surface area contributed by atoms with Crippen molar-refractivity contribution in [2.45, 2.75) is 123 Å². The highest BCUT2D eigenvalue weighted by atomic mass is 32.1. The van der Waals surface area contributed by atoms with E-state index < -0.39 is 23.6 Å². The molecule has 334 valence electrons. The number of likely N-dealkylation sites (tertiary alicyclic amines) is 2. The molecule has 5 N–H and O–H groups in total. The van der Waals surface area contributed by atoms with Crippen LogP contribution in [0.1, 0.15) is 108 Å². The Hall–Kier alpha value is -5.67. The fourth-order valence-electron chi connectivity index (χ4n) is 8.49. The molecule has 14 nitrogen and oxygen atoms in total. The zero-order valence-electron chi connectivity index (χ0n) is 36.7. The summed E-state index contributed by atoms with van der Waals surface area (Å²) in [6.45, 7) is 9.30. The Balaban J connectivity index is 0.767. The summed E-state index contributed by atoms with van der Waals surface area (Å²) in [5.41, 5.74) is 7.12. The summed E-state index contributed by atoms with van der Waals surface area (Å²) >= 11 is 1.58. The number of aromatic hydroxyl groups is 1. The monoisotopic (exact) mass is 876 g/mol. The van der Waals surface area contributed by atoms with Gasteiger partial charge in [0.25, 0.3) is 0 Å². The van der Waals surface area contributed by atoms with Crippen LogP contribution >= 0.6 is 11.3 Å². The summed E-state index contributed by atoms with van der Waals surface area (Å²) in [6, 6.07) is 17.3. The molecule has 5 heterocycles. The fourth-order valence-corrected chi connectivity index (χ4v) is 9.30. The number of hydrogen-bond donors (Lipinski definition) is 5. The quantitative estimate of drug-likeness (QED) is 0.0576. The van der Waals surface area contributed by atoms with Crippen LogP contribution < -0.4 is 10.6 Å². The number of fused-ring (bicyclic) bond motifs is 1. The number of aromatic nitrogens is 4. The maximum Gasteiger partial charge on any atom is 0.246 e. The molecule has 3 aromatic heterocycles. The molecule has 0 unspecified atom stereocenters. The molecule has 0 bridgehead atoms. The Morgan fingerprint density at radius 3 is 2.29 bits per heavy atom. The Morgan fingerprint density at radius 1 is 0.905 bits per heavy atom. The average molecular weight is 877 g/mol. The second kappa shape index (κ2) is 20.2. The van der Waals surface area contributed by atoms with Gasteiger partial charge in [-0.3, -0.25) is 19.2 Å². The number of aryl methyl sites for hydroxylation is 1. The lowest BCUT2D eigenvalue weighted by Gasteiger charge is -2.39. The van der Waals surface area contributed by atoms with Gasteiger partial charge in [0.15, 0.2) is 5.65 Å². The lowest BCUT2D eigenvalue weighted by Crippen LogP contribution is -2.57. The Kier molecular flexibility index (Phi) is 14.6. The van der Waals surface area contributed by atoms with Gasteiger partial charge in [0, 0.05) is 68.0 Å². The van der Waals surface area contributed by atoms with E-state index in [0.717, 1.165) is 71.3 Å². The van der Waals surface area contributed by atoms with Gasteiger partial charge in [-0.05, 0) is 60.6 Å². The highest BCUT2D eigenvalue weighted by Gasteiger charge is 2.44. The zero-order chi connectivity index (χ0) is 44.7. The first kappa shape index (κ1) is 45.4. The molecule has 2 aromatic carbocycles. The maximum atomic E-state index is 14.0. The summed E-state index contributed by atoms with van der Waals surface area (Å²) in [5, 5.41) is 36.2. The van der Waals surface area contributed by atoms with Gasteiger partial charge in [0.05, 0.1) is 27.9 Å². The van der Waals surface area contributed by atoms with Gasteiger partial charge >= 0.3 is 0 Å². The van der Waals surface area contributed by atoms with Crippen molar-refractivity contribution in [3.8, 4) is 27.4 Å². The molecular formula is C48H60N8O6S. The molecule has 3 atom stereocenters. The number of phenols is 1. The molecule has 2 aliphatic rings. The molecule has 7 rings (SSSR count). The SMILES string of the molecule is Cc1ncsc1-c1ccc(CNC(=O)[C@@H]2C[C@@H](O)CN2C(=O)[C@@H](NC(=O)CCCCCCCCCC(=O)N2CC(c3cc4cc(-c5ccccc5O)nnc4[nH]3)C2)C(C)(C)C)cc1. The van der Waals surface area contributed by atoms with E-state index in [2.05, 4.69) is 36.9 Å². The molecule has 2 saturated heterocycles. The largest absolute Gasteiger partial charge is 0.507 e. The number of carbonyl (C=O) groups is 4.